The Labute approximate surface area is 431 Å². The second-order valence-corrected chi connectivity index (χ2v) is 20.8. The van der Waals surface area contributed by atoms with Crippen molar-refractivity contribution in [3.8, 4) is 28.0 Å². The van der Waals surface area contributed by atoms with Gasteiger partial charge in [0.05, 0.1) is 70.2 Å². The van der Waals surface area contributed by atoms with Crippen molar-refractivity contribution in [2.75, 3.05) is 36.2 Å². The maximum Gasteiger partial charge on any atom is 0.417 e. The van der Waals surface area contributed by atoms with E-state index in [0.717, 1.165) is 38.7 Å². The molecule has 2 heterocycles. The number of carbonyl (C=O) groups excluding carboxylic acids is 4. The molecule has 1 aliphatic carbocycles. The van der Waals surface area contributed by atoms with Crippen molar-refractivity contribution in [3.05, 3.63) is 124 Å². The van der Waals surface area contributed by atoms with E-state index < -0.39 is 64.1 Å². The van der Waals surface area contributed by atoms with Gasteiger partial charge in [0.2, 0.25) is 5.91 Å². The van der Waals surface area contributed by atoms with Gasteiger partial charge in [-0.15, -0.1) is 11.3 Å². The first-order valence-electron chi connectivity index (χ1n) is 23.7. The minimum atomic E-state index is -4.81. The van der Waals surface area contributed by atoms with E-state index in [9.17, 15) is 42.7 Å². The third-order valence-corrected chi connectivity index (χ3v) is 14.2. The lowest BCUT2D eigenvalue weighted by Crippen LogP contribution is -2.52. The molecule has 1 saturated heterocycles. The van der Waals surface area contributed by atoms with Crippen molar-refractivity contribution >= 4 is 63.5 Å². The number of alkyl halides is 3. The monoisotopic (exact) mass is 1040 g/mol. The van der Waals surface area contributed by atoms with Crippen LogP contribution in [0.15, 0.2) is 96.5 Å². The summed E-state index contributed by atoms with van der Waals surface area (Å²) >= 11 is 7.19. The Hall–Kier alpha value is -6.72. The average molecular weight is 1040 g/mol. The highest BCUT2D eigenvalue weighted by atomic mass is 32.1. The number of thiocarbonyl (C=S) groups is 1. The number of amides is 3. The fourth-order valence-corrected chi connectivity index (χ4v) is 10.3. The molecule has 384 valence electrons. The molecule has 5 aromatic rings. The lowest BCUT2D eigenvalue weighted by atomic mass is 9.77. The molecule has 73 heavy (non-hydrogen) atoms. The third kappa shape index (κ3) is 12.6. The predicted octanol–water partition coefficient (Wildman–Crippen LogP) is 9.21. The van der Waals surface area contributed by atoms with Gasteiger partial charge in [-0.25, -0.2) is 4.98 Å². The molecule has 0 bridgehead atoms. The third-order valence-electron chi connectivity index (χ3n) is 12.9. The number of carbonyl (C=O) groups is 4. The Balaban J connectivity index is 0.828. The fraction of sp³-hybridized carbons (Fsp3) is 0.389. The number of aromatic nitrogens is 1. The summed E-state index contributed by atoms with van der Waals surface area (Å²) in [5.41, 5.74) is 1.78. The molecule has 4 atom stereocenters. The molecule has 0 radical (unpaired) electrons. The van der Waals surface area contributed by atoms with Crippen molar-refractivity contribution in [3.63, 3.8) is 0 Å². The van der Waals surface area contributed by atoms with Crippen LogP contribution in [0.4, 0.5) is 24.5 Å². The maximum absolute atomic E-state index is 14.2. The van der Waals surface area contributed by atoms with E-state index in [1.165, 1.54) is 6.07 Å². The number of nitrogens with zero attached hydrogens (tertiary/aromatic N) is 4. The number of thiazole rings is 1. The molecule has 2 aliphatic rings. The molecule has 2 fully saturated rings. The van der Waals surface area contributed by atoms with E-state index in [2.05, 4.69) is 15.6 Å². The molecule has 14 nitrogen and oxygen atoms in total. The number of hydrogen-bond donors (Lipinski definition) is 3. The van der Waals surface area contributed by atoms with Crippen molar-refractivity contribution < 1.29 is 51.7 Å². The lowest BCUT2D eigenvalue weighted by Gasteiger charge is -2.33. The number of aliphatic hydroxyl groups excluding tert-OH is 1. The van der Waals surface area contributed by atoms with Gasteiger partial charge in [-0.3, -0.25) is 24.1 Å². The lowest BCUT2D eigenvalue weighted by molar-refractivity contribution is -0.137. The van der Waals surface area contributed by atoms with Crippen LogP contribution in [0.2, 0.25) is 0 Å². The Morgan fingerprint density at radius 1 is 0.904 bits per heavy atom. The normalized spacial score (nSPS) is 18.1. The van der Waals surface area contributed by atoms with Crippen LogP contribution in [-0.4, -0.2) is 82.8 Å². The van der Waals surface area contributed by atoms with E-state index in [1.54, 1.807) is 90.2 Å². The van der Waals surface area contributed by atoms with E-state index in [4.69, 9.17) is 26.4 Å². The molecule has 1 aromatic heterocycles. The summed E-state index contributed by atoms with van der Waals surface area (Å²) in [6, 6.07) is 24.8. The number of anilines is 2. The van der Waals surface area contributed by atoms with Crippen LogP contribution < -0.4 is 29.9 Å². The number of hydrogen-bond acceptors (Lipinski definition) is 12. The Kier molecular flexibility index (Phi) is 16.7. The number of aliphatic hydroxyl groups is 1. The topological polar surface area (TPSA) is 183 Å². The fourth-order valence-electron chi connectivity index (χ4n) is 8.96. The van der Waals surface area contributed by atoms with Gasteiger partial charge in [0.25, 0.3) is 11.8 Å². The standard InChI is InChI=1S/C54H57F3N6O8S2/c1-32-46(73-31-60-32)34-10-8-33(9-11-34)30-59-49(67)43-28-39(64)27-42(43)45(65)47(52(2,3)4)61-48(66)35-13-18-40(19-14-35)71-25-24-69-22-7-23-70-41-20-16-37(17-21-41)63-51(72)62(50(68)53(63,5)6)38-15-12-36(29-58)44(26-38)54(55,56)57/h8-21,26,31,39,42-43,47,64H,7,22-25,27-28,30H2,1-6H3,(H,59,67)(H,61,66)/t39-,42?,43+,47?/m0/s1. The summed E-state index contributed by atoms with van der Waals surface area (Å²) in [4.78, 5) is 62.9. The highest BCUT2D eigenvalue weighted by molar-refractivity contribution is 7.81. The number of nitrogens with one attached hydrogen (secondary N) is 2. The first-order chi connectivity index (χ1) is 34.6. The van der Waals surface area contributed by atoms with Crippen LogP contribution in [0.25, 0.3) is 10.4 Å². The Morgan fingerprint density at radius 3 is 2.15 bits per heavy atom. The molecule has 3 amide bonds. The molecule has 0 spiro atoms. The number of nitriles is 1. The summed E-state index contributed by atoms with van der Waals surface area (Å²) in [5.74, 6) is -2.10. The molecule has 19 heteroatoms. The van der Waals surface area contributed by atoms with Crippen molar-refractivity contribution in [1.29, 1.82) is 5.26 Å². The van der Waals surface area contributed by atoms with Gasteiger partial charge in [-0.1, -0.05) is 45.0 Å². The van der Waals surface area contributed by atoms with Gasteiger partial charge in [-0.2, -0.15) is 18.4 Å². The number of benzene rings is 4. The second kappa shape index (κ2) is 22.6. The summed E-state index contributed by atoms with van der Waals surface area (Å²) < 4.78 is 58.6. The number of halogens is 3. The van der Waals surface area contributed by atoms with Gasteiger partial charge in [-0.05, 0) is 129 Å². The van der Waals surface area contributed by atoms with Crippen LogP contribution in [0.1, 0.15) is 86.6 Å². The summed E-state index contributed by atoms with van der Waals surface area (Å²) in [7, 11) is 0. The van der Waals surface area contributed by atoms with E-state index in [1.807, 2.05) is 52.0 Å². The number of ether oxygens (including phenoxy) is 3. The molecular formula is C54H57F3N6O8S2. The summed E-state index contributed by atoms with van der Waals surface area (Å²) in [6.07, 6.45) is -4.81. The van der Waals surface area contributed by atoms with Gasteiger partial charge in [0.15, 0.2) is 10.9 Å². The Bertz CT molecular complexity index is 2860. The van der Waals surface area contributed by atoms with E-state index in [-0.39, 0.29) is 55.1 Å². The minimum Gasteiger partial charge on any atom is -0.494 e. The predicted molar refractivity (Wildman–Crippen MR) is 274 cm³/mol. The van der Waals surface area contributed by atoms with Crippen LogP contribution in [0.3, 0.4) is 0 Å². The Morgan fingerprint density at radius 2 is 1.53 bits per heavy atom. The number of Topliss-reactive ketones (excluding diaryl/α,β-unsaturated/α-hetero) is 1. The van der Waals surface area contributed by atoms with Crippen LogP contribution in [0.5, 0.6) is 11.5 Å². The van der Waals surface area contributed by atoms with Crippen LogP contribution in [0, 0.1) is 35.5 Å². The SMILES string of the molecule is Cc1ncsc1-c1ccc(CNC(=O)[C@@H]2C[C@@H](O)CC2C(=O)C(NC(=O)c2ccc(OCCOCCCOc3ccc(N4C(=S)N(c5ccc(C#N)c(C(F)(F)F)c5)C(=O)C4(C)C)cc3)cc2)C(C)(C)C)cc1. The highest BCUT2D eigenvalue weighted by Crippen LogP contribution is 2.41. The zero-order chi connectivity index (χ0) is 52.8. The molecule has 4 aromatic carbocycles. The minimum absolute atomic E-state index is 0.0135. The second-order valence-electron chi connectivity index (χ2n) is 19.5. The molecule has 7 rings (SSSR count). The summed E-state index contributed by atoms with van der Waals surface area (Å²) in [6.45, 7) is 12.2. The van der Waals surface area contributed by atoms with Crippen LogP contribution >= 0.6 is 23.6 Å². The largest absolute Gasteiger partial charge is 0.494 e. The van der Waals surface area contributed by atoms with E-state index >= 15 is 0 Å². The molecular weight excluding hydrogens is 982 g/mol. The molecule has 2 unspecified atom stereocenters. The maximum atomic E-state index is 14.2. The summed E-state index contributed by atoms with van der Waals surface area (Å²) in [5, 5.41) is 25.7. The van der Waals surface area contributed by atoms with Gasteiger partial charge in [0, 0.05) is 36.7 Å². The molecule has 3 N–H and O–H groups in total. The first kappa shape index (κ1) is 54.1. The highest BCUT2D eigenvalue weighted by Gasteiger charge is 2.51. The average Bonchev–Trinajstić information content (AvgIpc) is 4.02. The van der Waals surface area contributed by atoms with Crippen molar-refractivity contribution in [2.45, 2.75) is 91.2 Å². The van der Waals surface area contributed by atoms with Crippen LogP contribution in [-0.2, 0) is 31.8 Å². The van der Waals surface area contributed by atoms with Gasteiger partial charge in [0.1, 0.15) is 23.6 Å². The number of ketones is 1. The number of aryl methyl sites for hydroxylation is 1. The van der Waals surface area contributed by atoms with Gasteiger partial charge >= 0.3 is 6.18 Å². The van der Waals surface area contributed by atoms with Crippen molar-refractivity contribution in [1.82, 2.24) is 15.6 Å². The smallest absolute Gasteiger partial charge is 0.417 e. The number of rotatable bonds is 19. The molecule has 1 aliphatic heterocycles. The first-order valence-corrected chi connectivity index (χ1v) is 25.0. The van der Waals surface area contributed by atoms with Gasteiger partial charge < -0.3 is 34.9 Å². The van der Waals surface area contributed by atoms with E-state index in [0.29, 0.717) is 42.4 Å². The molecule has 1 saturated carbocycles. The van der Waals surface area contributed by atoms with Crippen molar-refractivity contribution in [2.24, 2.45) is 17.3 Å². The zero-order valence-corrected chi connectivity index (χ0v) is 42.9. The quantitative estimate of drug-likeness (QED) is 0.0528. The zero-order valence-electron chi connectivity index (χ0n) is 41.2.